The molecule has 162 valence electrons. The highest BCUT2D eigenvalue weighted by atomic mass is 35.5. The van der Waals surface area contributed by atoms with E-state index >= 15 is 0 Å². The maximum absolute atomic E-state index is 13.5. The summed E-state index contributed by atoms with van der Waals surface area (Å²) in [5, 5.41) is 3.36. The number of amides is 1. The molecule has 5 nitrogen and oxygen atoms in total. The van der Waals surface area contributed by atoms with Crippen LogP contribution in [0, 0.1) is 20.8 Å². The van der Waals surface area contributed by atoms with Crippen molar-refractivity contribution in [3.8, 4) is 0 Å². The molecule has 0 bridgehead atoms. The minimum atomic E-state index is -4.00. The maximum atomic E-state index is 13.5. The number of hydrogen-bond donors (Lipinski definition) is 1. The second-order valence-electron chi connectivity index (χ2n) is 7.34. The Morgan fingerprint density at radius 2 is 1.48 bits per heavy atom. The van der Waals surface area contributed by atoms with E-state index in [-0.39, 0.29) is 4.90 Å². The molecule has 3 aromatic carbocycles. The van der Waals surface area contributed by atoms with Gasteiger partial charge in [0.2, 0.25) is 5.91 Å². The van der Waals surface area contributed by atoms with Gasteiger partial charge >= 0.3 is 0 Å². The molecule has 1 amide bonds. The van der Waals surface area contributed by atoms with Crippen LogP contribution in [0.2, 0.25) is 10.0 Å². The van der Waals surface area contributed by atoms with Crippen molar-refractivity contribution in [2.45, 2.75) is 25.7 Å². The first-order valence-electron chi connectivity index (χ1n) is 9.49. The molecule has 31 heavy (non-hydrogen) atoms. The number of anilines is 2. The molecule has 0 aromatic heterocycles. The second-order valence-corrected chi connectivity index (χ2v) is 10.0. The first-order chi connectivity index (χ1) is 14.6. The van der Waals surface area contributed by atoms with Gasteiger partial charge < -0.3 is 5.32 Å². The molecule has 0 aliphatic carbocycles. The molecular formula is C23H22Cl2N2O3S. The van der Waals surface area contributed by atoms with Crippen LogP contribution in [-0.4, -0.2) is 20.9 Å². The van der Waals surface area contributed by atoms with Crippen LogP contribution in [0.25, 0.3) is 0 Å². The van der Waals surface area contributed by atoms with Crippen molar-refractivity contribution in [1.82, 2.24) is 0 Å². The van der Waals surface area contributed by atoms with E-state index in [1.54, 1.807) is 36.4 Å². The Kier molecular flexibility index (Phi) is 6.94. The van der Waals surface area contributed by atoms with Crippen molar-refractivity contribution in [2.24, 2.45) is 0 Å². The van der Waals surface area contributed by atoms with Gasteiger partial charge in [-0.1, -0.05) is 47.0 Å². The molecule has 3 rings (SSSR count). The van der Waals surface area contributed by atoms with Crippen molar-refractivity contribution in [3.05, 3.63) is 87.4 Å². The van der Waals surface area contributed by atoms with E-state index in [0.29, 0.717) is 21.4 Å². The van der Waals surface area contributed by atoms with E-state index in [1.165, 1.54) is 18.2 Å². The average molecular weight is 477 g/mol. The van der Waals surface area contributed by atoms with E-state index in [9.17, 15) is 13.2 Å². The van der Waals surface area contributed by atoms with Crippen LogP contribution < -0.4 is 9.62 Å². The van der Waals surface area contributed by atoms with E-state index in [1.807, 2.05) is 26.8 Å². The van der Waals surface area contributed by atoms with Crippen LogP contribution in [0.15, 0.2) is 65.6 Å². The SMILES string of the molecule is Cc1ccc(S(=O)(=O)N(CC(=O)Nc2cc(Cl)ccc2Cl)c2cc(C)cc(C)c2)cc1. The number of nitrogens with zero attached hydrogens (tertiary/aromatic N) is 1. The fraction of sp³-hybridized carbons (Fsp3) is 0.174. The molecule has 1 N–H and O–H groups in total. The van der Waals surface area contributed by atoms with Crippen LogP contribution in [0.5, 0.6) is 0 Å². The Bertz CT molecular complexity index is 1210. The molecule has 0 aliphatic heterocycles. The summed E-state index contributed by atoms with van der Waals surface area (Å²) < 4.78 is 28.1. The highest BCUT2D eigenvalue weighted by Gasteiger charge is 2.27. The Labute approximate surface area is 192 Å². The molecule has 0 saturated carbocycles. The zero-order valence-corrected chi connectivity index (χ0v) is 19.6. The van der Waals surface area contributed by atoms with Gasteiger partial charge in [0.25, 0.3) is 10.0 Å². The van der Waals surface area contributed by atoms with Crippen molar-refractivity contribution in [3.63, 3.8) is 0 Å². The first kappa shape index (κ1) is 23.1. The van der Waals surface area contributed by atoms with Crippen molar-refractivity contribution in [1.29, 1.82) is 0 Å². The molecule has 0 aliphatic rings. The van der Waals surface area contributed by atoms with E-state index in [2.05, 4.69) is 5.32 Å². The van der Waals surface area contributed by atoms with Gasteiger partial charge in [-0.3, -0.25) is 9.10 Å². The topological polar surface area (TPSA) is 66.5 Å². The fourth-order valence-electron chi connectivity index (χ4n) is 3.16. The largest absolute Gasteiger partial charge is 0.323 e. The van der Waals surface area contributed by atoms with Gasteiger partial charge in [0.05, 0.1) is 21.3 Å². The number of sulfonamides is 1. The van der Waals surface area contributed by atoms with Gasteiger partial charge in [0.1, 0.15) is 6.54 Å². The molecule has 3 aromatic rings. The average Bonchev–Trinajstić information content (AvgIpc) is 2.68. The number of hydrogen-bond acceptors (Lipinski definition) is 3. The lowest BCUT2D eigenvalue weighted by molar-refractivity contribution is -0.114. The Morgan fingerprint density at radius 3 is 2.10 bits per heavy atom. The van der Waals surface area contributed by atoms with E-state index < -0.39 is 22.5 Å². The third-order valence-corrected chi connectivity index (χ3v) is 6.95. The van der Waals surface area contributed by atoms with Crippen LogP contribution >= 0.6 is 23.2 Å². The number of carbonyl (C=O) groups excluding carboxylic acids is 1. The Morgan fingerprint density at radius 1 is 0.871 bits per heavy atom. The number of carbonyl (C=O) groups is 1. The number of benzene rings is 3. The number of halogens is 2. The highest BCUT2D eigenvalue weighted by molar-refractivity contribution is 7.92. The smallest absolute Gasteiger partial charge is 0.264 e. The molecule has 0 spiro atoms. The predicted molar refractivity (Wildman–Crippen MR) is 127 cm³/mol. The van der Waals surface area contributed by atoms with Crippen molar-refractivity contribution in [2.75, 3.05) is 16.2 Å². The summed E-state index contributed by atoms with van der Waals surface area (Å²) in [4.78, 5) is 12.9. The molecule has 0 heterocycles. The van der Waals surface area contributed by atoms with Gasteiger partial charge in [-0.05, 0) is 74.4 Å². The van der Waals surface area contributed by atoms with Gasteiger partial charge in [0, 0.05) is 5.02 Å². The van der Waals surface area contributed by atoms with Crippen molar-refractivity contribution >= 4 is 50.5 Å². The highest BCUT2D eigenvalue weighted by Crippen LogP contribution is 2.28. The quantitative estimate of drug-likeness (QED) is 0.492. The van der Waals surface area contributed by atoms with Crippen LogP contribution in [0.4, 0.5) is 11.4 Å². The molecule has 0 unspecified atom stereocenters. The standard InChI is InChI=1S/C23H22Cl2N2O3S/c1-15-4-7-20(8-5-15)31(29,30)27(19-11-16(2)10-17(3)12-19)14-23(28)26-22-13-18(24)6-9-21(22)25/h4-13H,14H2,1-3H3,(H,26,28). The fourth-order valence-corrected chi connectivity index (χ4v) is 4.90. The number of rotatable bonds is 6. The van der Waals surface area contributed by atoms with Crippen LogP contribution in [0.3, 0.4) is 0 Å². The summed E-state index contributed by atoms with van der Waals surface area (Å²) in [6, 6.07) is 16.6. The molecule has 0 saturated heterocycles. The van der Waals surface area contributed by atoms with E-state index in [0.717, 1.165) is 21.0 Å². The summed E-state index contributed by atoms with van der Waals surface area (Å²) in [5.41, 5.74) is 3.43. The van der Waals surface area contributed by atoms with Gasteiger partial charge in [-0.25, -0.2) is 8.42 Å². The normalized spacial score (nSPS) is 11.3. The third-order valence-electron chi connectivity index (χ3n) is 4.59. The lowest BCUT2D eigenvalue weighted by Crippen LogP contribution is -2.38. The zero-order valence-electron chi connectivity index (χ0n) is 17.3. The summed E-state index contributed by atoms with van der Waals surface area (Å²) in [6.45, 7) is 5.19. The minimum Gasteiger partial charge on any atom is -0.323 e. The summed E-state index contributed by atoms with van der Waals surface area (Å²) in [6.07, 6.45) is 0. The lowest BCUT2D eigenvalue weighted by atomic mass is 10.1. The van der Waals surface area contributed by atoms with Gasteiger partial charge in [-0.2, -0.15) is 0 Å². The summed E-state index contributed by atoms with van der Waals surface area (Å²) in [5.74, 6) is -0.543. The van der Waals surface area contributed by atoms with Gasteiger partial charge in [0.15, 0.2) is 0 Å². The predicted octanol–water partition coefficient (Wildman–Crippen LogP) is 5.75. The molecular weight excluding hydrogens is 455 g/mol. The monoisotopic (exact) mass is 476 g/mol. The minimum absolute atomic E-state index is 0.103. The molecule has 8 heteroatoms. The zero-order chi connectivity index (χ0) is 22.8. The Hall–Kier alpha value is -2.54. The lowest BCUT2D eigenvalue weighted by Gasteiger charge is -2.25. The first-order valence-corrected chi connectivity index (χ1v) is 11.7. The second kappa shape index (κ2) is 9.30. The van der Waals surface area contributed by atoms with Crippen LogP contribution in [0.1, 0.15) is 16.7 Å². The molecule has 0 atom stereocenters. The third kappa shape index (κ3) is 5.58. The van der Waals surface area contributed by atoms with Crippen LogP contribution in [-0.2, 0) is 14.8 Å². The summed E-state index contributed by atoms with van der Waals surface area (Å²) in [7, 11) is -4.00. The molecule has 0 radical (unpaired) electrons. The van der Waals surface area contributed by atoms with Gasteiger partial charge in [-0.15, -0.1) is 0 Å². The van der Waals surface area contributed by atoms with E-state index in [4.69, 9.17) is 23.2 Å². The number of nitrogens with one attached hydrogen (secondary N) is 1. The Balaban J connectivity index is 2.00. The number of aryl methyl sites for hydroxylation is 3. The summed E-state index contributed by atoms with van der Waals surface area (Å²) >= 11 is 12.1. The van der Waals surface area contributed by atoms with Crippen molar-refractivity contribution < 1.29 is 13.2 Å². The molecule has 0 fully saturated rings. The maximum Gasteiger partial charge on any atom is 0.264 e.